The lowest BCUT2D eigenvalue weighted by Gasteiger charge is -2.21. The fourth-order valence-corrected chi connectivity index (χ4v) is 3.08. The molecule has 0 aliphatic carbocycles. The van der Waals surface area contributed by atoms with Crippen LogP contribution >= 0.6 is 0 Å². The Morgan fingerprint density at radius 3 is 2.46 bits per heavy atom. The van der Waals surface area contributed by atoms with Crippen LogP contribution < -0.4 is 9.64 Å². The number of aliphatic hydroxyl groups excluding tert-OH is 1. The van der Waals surface area contributed by atoms with Crippen molar-refractivity contribution in [2.75, 3.05) is 19.0 Å². The third kappa shape index (κ3) is 5.08. The molecule has 0 bridgehead atoms. The van der Waals surface area contributed by atoms with Crippen molar-refractivity contribution in [1.29, 1.82) is 0 Å². The van der Waals surface area contributed by atoms with Gasteiger partial charge in [-0.15, -0.1) is 0 Å². The first-order valence-electron chi connectivity index (χ1n) is 9.51. The molecule has 1 unspecified atom stereocenters. The van der Waals surface area contributed by atoms with Crippen molar-refractivity contribution in [2.24, 2.45) is 0 Å². The van der Waals surface area contributed by atoms with E-state index in [2.05, 4.69) is 16.0 Å². The van der Waals surface area contributed by atoms with Gasteiger partial charge in [-0.2, -0.15) is 0 Å². The summed E-state index contributed by atoms with van der Waals surface area (Å²) in [6, 6.07) is 15.8. The first kappa shape index (κ1) is 19.8. The Kier molecular flexibility index (Phi) is 6.61. The standard InChI is InChI=1S/C23H27N3O2/c1-17(22(27)13-8-18-6-4-14-24-16-18)28-20-11-9-19(10-12-20)21-7-5-15-25-23(21)26(2)3/h4-7,9-12,14-17,22,27H,8,13H2,1-3H3/t17-,22?/m0/s1. The minimum absolute atomic E-state index is 0.293. The van der Waals surface area contributed by atoms with Crippen LogP contribution in [-0.2, 0) is 6.42 Å². The lowest BCUT2D eigenvalue weighted by Crippen LogP contribution is -2.29. The number of aromatic nitrogens is 2. The average Bonchev–Trinajstić information content (AvgIpc) is 2.73. The van der Waals surface area contributed by atoms with E-state index < -0.39 is 6.10 Å². The van der Waals surface area contributed by atoms with Crippen LogP contribution in [0.15, 0.2) is 67.1 Å². The van der Waals surface area contributed by atoms with Crippen LogP contribution in [0.5, 0.6) is 5.75 Å². The van der Waals surface area contributed by atoms with E-state index in [0.717, 1.165) is 34.7 Å². The number of nitrogens with zero attached hydrogens (tertiary/aromatic N) is 3. The van der Waals surface area contributed by atoms with Gasteiger partial charge in [0.2, 0.25) is 0 Å². The van der Waals surface area contributed by atoms with Gasteiger partial charge in [-0.1, -0.05) is 18.2 Å². The lowest BCUT2D eigenvalue weighted by molar-refractivity contribution is 0.0420. The van der Waals surface area contributed by atoms with E-state index >= 15 is 0 Å². The van der Waals surface area contributed by atoms with E-state index in [1.807, 2.05) is 74.6 Å². The highest BCUT2D eigenvalue weighted by molar-refractivity contribution is 5.75. The second-order valence-electron chi connectivity index (χ2n) is 7.08. The predicted octanol–water partition coefficient (Wildman–Crippen LogP) is 3.97. The number of hydrogen-bond acceptors (Lipinski definition) is 5. The third-order valence-electron chi connectivity index (χ3n) is 4.69. The lowest BCUT2D eigenvalue weighted by atomic mass is 10.0. The molecular formula is C23H27N3O2. The number of aryl methyl sites for hydroxylation is 1. The van der Waals surface area contributed by atoms with Crippen LogP contribution in [0.2, 0.25) is 0 Å². The number of pyridine rings is 2. The number of rotatable bonds is 8. The summed E-state index contributed by atoms with van der Waals surface area (Å²) in [6.45, 7) is 1.90. The molecule has 0 aliphatic heterocycles. The Labute approximate surface area is 166 Å². The minimum Gasteiger partial charge on any atom is -0.488 e. The van der Waals surface area contributed by atoms with Crippen molar-refractivity contribution in [3.63, 3.8) is 0 Å². The minimum atomic E-state index is -0.543. The molecule has 0 saturated carbocycles. The molecule has 146 valence electrons. The van der Waals surface area contributed by atoms with Crippen molar-refractivity contribution < 1.29 is 9.84 Å². The Hall–Kier alpha value is -2.92. The molecule has 2 aromatic heterocycles. The van der Waals surface area contributed by atoms with Crippen LogP contribution in [0.1, 0.15) is 18.9 Å². The van der Waals surface area contributed by atoms with Crippen molar-refractivity contribution in [2.45, 2.75) is 32.0 Å². The van der Waals surface area contributed by atoms with E-state index in [1.54, 1.807) is 12.4 Å². The van der Waals surface area contributed by atoms with Crippen LogP contribution in [0, 0.1) is 0 Å². The first-order chi connectivity index (χ1) is 13.5. The van der Waals surface area contributed by atoms with Crippen LogP contribution in [-0.4, -0.2) is 41.4 Å². The van der Waals surface area contributed by atoms with E-state index in [9.17, 15) is 5.11 Å². The normalized spacial score (nSPS) is 13.0. The number of ether oxygens (including phenoxy) is 1. The van der Waals surface area contributed by atoms with Gasteiger partial charge in [-0.3, -0.25) is 4.98 Å². The highest BCUT2D eigenvalue weighted by Crippen LogP contribution is 2.29. The van der Waals surface area contributed by atoms with Crippen LogP contribution in [0.4, 0.5) is 5.82 Å². The summed E-state index contributed by atoms with van der Waals surface area (Å²) < 4.78 is 5.94. The topological polar surface area (TPSA) is 58.5 Å². The Bertz CT molecular complexity index is 867. The van der Waals surface area contributed by atoms with Gasteiger partial charge in [0.25, 0.3) is 0 Å². The van der Waals surface area contributed by atoms with Crippen molar-refractivity contribution in [1.82, 2.24) is 9.97 Å². The van der Waals surface area contributed by atoms with Gasteiger partial charge >= 0.3 is 0 Å². The number of hydrogen-bond donors (Lipinski definition) is 1. The fraction of sp³-hybridized carbons (Fsp3) is 0.304. The number of anilines is 1. The van der Waals surface area contributed by atoms with Gasteiger partial charge in [0, 0.05) is 38.2 Å². The quantitative estimate of drug-likeness (QED) is 0.644. The molecule has 0 fully saturated rings. The van der Waals surface area contributed by atoms with Gasteiger partial charge in [0.05, 0.1) is 6.10 Å². The smallest absolute Gasteiger partial charge is 0.135 e. The highest BCUT2D eigenvalue weighted by Gasteiger charge is 2.16. The Morgan fingerprint density at radius 1 is 1.04 bits per heavy atom. The van der Waals surface area contributed by atoms with E-state index in [4.69, 9.17) is 4.74 Å². The van der Waals surface area contributed by atoms with Gasteiger partial charge in [-0.25, -0.2) is 4.98 Å². The number of benzene rings is 1. The van der Waals surface area contributed by atoms with Crippen LogP contribution in [0.25, 0.3) is 11.1 Å². The molecule has 3 rings (SSSR count). The molecule has 2 atom stereocenters. The molecular weight excluding hydrogens is 350 g/mol. The van der Waals surface area contributed by atoms with E-state index in [-0.39, 0.29) is 6.10 Å². The zero-order valence-electron chi connectivity index (χ0n) is 16.6. The van der Waals surface area contributed by atoms with Gasteiger partial charge in [0.1, 0.15) is 17.7 Å². The Morgan fingerprint density at radius 2 is 1.79 bits per heavy atom. The van der Waals surface area contributed by atoms with E-state index in [1.165, 1.54) is 0 Å². The number of aliphatic hydroxyl groups is 1. The molecule has 5 heteroatoms. The predicted molar refractivity (Wildman–Crippen MR) is 113 cm³/mol. The highest BCUT2D eigenvalue weighted by atomic mass is 16.5. The van der Waals surface area contributed by atoms with Crippen molar-refractivity contribution >= 4 is 5.82 Å². The summed E-state index contributed by atoms with van der Waals surface area (Å²) in [7, 11) is 3.97. The molecule has 0 radical (unpaired) electrons. The summed E-state index contributed by atoms with van der Waals surface area (Å²) in [5.74, 6) is 1.67. The SMILES string of the molecule is C[C@H](Oc1ccc(-c2cccnc2N(C)C)cc1)C(O)CCc1cccnc1. The summed E-state index contributed by atoms with van der Waals surface area (Å²) >= 11 is 0. The molecule has 1 aromatic carbocycles. The molecule has 0 spiro atoms. The maximum atomic E-state index is 10.4. The molecule has 0 aliphatic rings. The van der Waals surface area contributed by atoms with Crippen LogP contribution in [0.3, 0.4) is 0 Å². The first-order valence-corrected chi connectivity index (χ1v) is 9.51. The van der Waals surface area contributed by atoms with Gasteiger partial charge in [-0.05, 0) is 61.2 Å². The van der Waals surface area contributed by atoms with E-state index in [0.29, 0.717) is 6.42 Å². The van der Waals surface area contributed by atoms with Gasteiger partial charge < -0.3 is 14.7 Å². The third-order valence-corrected chi connectivity index (χ3v) is 4.69. The maximum absolute atomic E-state index is 10.4. The summed E-state index contributed by atoms with van der Waals surface area (Å²) in [6.07, 6.45) is 5.95. The molecule has 1 N–H and O–H groups in total. The molecule has 28 heavy (non-hydrogen) atoms. The molecule has 0 saturated heterocycles. The monoisotopic (exact) mass is 377 g/mol. The van der Waals surface area contributed by atoms with Gasteiger partial charge in [0.15, 0.2) is 0 Å². The largest absolute Gasteiger partial charge is 0.488 e. The fourth-order valence-electron chi connectivity index (χ4n) is 3.08. The summed E-state index contributed by atoms with van der Waals surface area (Å²) in [4.78, 5) is 10.6. The Balaban J connectivity index is 1.61. The molecule has 2 heterocycles. The average molecular weight is 377 g/mol. The zero-order valence-corrected chi connectivity index (χ0v) is 16.6. The second-order valence-corrected chi connectivity index (χ2v) is 7.08. The van der Waals surface area contributed by atoms with Crippen molar-refractivity contribution in [3.8, 4) is 16.9 Å². The molecule has 3 aromatic rings. The zero-order chi connectivity index (χ0) is 19.9. The summed E-state index contributed by atoms with van der Waals surface area (Å²) in [5, 5.41) is 10.4. The maximum Gasteiger partial charge on any atom is 0.135 e. The second kappa shape index (κ2) is 9.33. The summed E-state index contributed by atoms with van der Waals surface area (Å²) in [5.41, 5.74) is 3.27. The molecule has 5 nitrogen and oxygen atoms in total. The van der Waals surface area contributed by atoms with Crippen molar-refractivity contribution in [3.05, 3.63) is 72.7 Å². The molecule has 0 amide bonds.